The molecule has 2 rings (SSSR count). The third-order valence-electron chi connectivity index (χ3n) is 2.90. The number of benzene rings is 2. The number of anilines is 1. The molecule has 0 aromatic heterocycles. The van der Waals surface area contributed by atoms with Crippen molar-refractivity contribution in [2.45, 2.75) is 13.0 Å². The zero-order chi connectivity index (χ0) is 17.0. The molecule has 0 heterocycles. The summed E-state index contributed by atoms with van der Waals surface area (Å²) in [6.07, 6.45) is -0.844. The normalized spacial score (nSPS) is 11.6. The Hall–Kier alpha value is -2.31. The van der Waals surface area contributed by atoms with Crippen LogP contribution in [0.15, 0.2) is 42.5 Å². The Morgan fingerprint density at radius 3 is 2.65 bits per heavy atom. The molecule has 1 amide bonds. The van der Waals surface area contributed by atoms with Crippen molar-refractivity contribution >= 4 is 40.5 Å². The van der Waals surface area contributed by atoms with Gasteiger partial charge in [-0.3, -0.25) is 14.9 Å². The number of ether oxygens (including phenoxy) is 1. The zero-order valence-electron chi connectivity index (χ0n) is 12.0. The van der Waals surface area contributed by atoms with Gasteiger partial charge in [0.05, 0.1) is 15.6 Å². The maximum absolute atomic E-state index is 12.1. The van der Waals surface area contributed by atoms with Crippen LogP contribution in [0.1, 0.15) is 6.92 Å². The van der Waals surface area contributed by atoms with Crippen LogP contribution in [-0.4, -0.2) is 16.9 Å². The minimum absolute atomic E-state index is 0.146. The highest BCUT2D eigenvalue weighted by molar-refractivity contribution is 6.33. The molecule has 0 saturated heterocycles. The summed E-state index contributed by atoms with van der Waals surface area (Å²) in [6.45, 7) is 1.54. The maximum atomic E-state index is 12.1. The smallest absolute Gasteiger partial charge is 0.271 e. The van der Waals surface area contributed by atoms with Gasteiger partial charge in [-0.2, -0.15) is 0 Å². The SMILES string of the molecule is C[C@@H](Oc1cccc(Cl)c1)C(=O)Nc1cc([N+](=O)[O-])ccc1Cl. The van der Waals surface area contributed by atoms with Gasteiger partial charge in [0.2, 0.25) is 0 Å². The molecule has 0 bridgehead atoms. The van der Waals surface area contributed by atoms with Crippen molar-refractivity contribution in [3.63, 3.8) is 0 Å². The molecule has 1 N–H and O–H groups in total. The van der Waals surface area contributed by atoms with E-state index in [4.69, 9.17) is 27.9 Å². The lowest BCUT2D eigenvalue weighted by Gasteiger charge is -2.15. The van der Waals surface area contributed by atoms with E-state index in [1.807, 2.05) is 0 Å². The Labute approximate surface area is 142 Å². The Morgan fingerprint density at radius 2 is 2.00 bits per heavy atom. The quantitative estimate of drug-likeness (QED) is 0.640. The Morgan fingerprint density at radius 1 is 1.26 bits per heavy atom. The van der Waals surface area contributed by atoms with Crippen LogP contribution in [0.2, 0.25) is 10.0 Å². The molecule has 2 aromatic rings. The number of halogens is 2. The number of hydrogen-bond donors (Lipinski definition) is 1. The molecule has 0 fully saturated rings. The third kappa shape index (κ3) is 4.58. The average Bonchev–Trinajstić information content (AvgIpc) is 2.49. The number of rotatable bonds is 5. The molecular formula is C15H12Cl2N2O4. The number of hydrogen-bond acceptors (Lipinski definition) is 4. The van der Waals surface area contributed by atoms with Gasteiger partial charge < -0.3 is 10.1 Å². The number of carbonyl (C=O) groups is 1. The van der Waals surface area contributed by atoms with Crippen LogP contribution in [0.3, 0.4) is 0 Å². The molecule has 0 aliphatic carbocycles. The summed E-state index contributed by atoms with van der Waals surface area (Å²) in [5.74, 6) is -0.0577. The van der Waals surface area contributed by atoms with Crippen LogP contribution in [0, 0.1) is 10.1 Å². The maximum Gasteiger partial charge on any atom is 0.271 e. The average molecular weight is 355 g/mol. The van der Waals surface area contributed by atoms with Crippen molar-refractivity contribution in [1.29, 1.82) is 0 Å². The standard InChI is InChI=1S/C15H12Cl2N2O4/c1-9(23-12-4-2-3-10(16)7-12)15(20)18-14-8-11(19(21)22)5-6-13(14)17/h2-9H,1H3,(H,18,20)/t9-/m1/s1. The molecule has 0 aliphatic rings. The Balaban J connectivity index is 2.09. The minimum atomic E-state index is -0.844. The lowest BCUT2D eigenvalue weighted by Crippen LogP contribution is -2.30. The van der Waals surface area contributed by atoms with Crippen molar-refractivity contribution < 1.29 is 14.5 Å². The number of nitro groups is 1. The summed E-state index contributed by atoms with van der Waals surface area (Å²) in [7, 11) is 0. The number of amides is 1. The van der Waals surface area contributed by atoms with Crippen LogP contribution in [0.25, 0.3) is 0 Å². The first-order valence-electron chi connectivity index (χ1n) is 6.54. The fraction of sp³-hybridized carbons (Fsp3) is 0.133. The van der Waals surface area contributed by atoms with Gasteiger partial charge in [-0.25, -0.2) is 0 Å². The van der Waals surface area contributed by atoms with Crippen LogP contribution in [0.5, 0.6) is 5.75 Å². The molecule has 0 saturated carbocycles. The van der Waals surface area contributed by atoms with Crippen molar-refractivity contribution in [1.82, 2.24) is 0 Å². The van der Waals surface area contributed by atoms with Crippen molar-refractivity contribution in [3.8, 4) is 5.75 Å². The number of nitrogens with one attached hydrogen (secondary N) is 1. The van der Waals surface area contributed by atoms with E-state index in [1.165, 1.54) is 18.2 Å². The zero-order valence-corrected chi connectivity index (χ0v) is 13.5. The van der Waals surface area contributed by atoms with E-state index in [9.17, 15) is 14.9 Å². The first-order chi connectivity index (χ1) is 10.9. The molecule has 2 aromatic carbocycles. The Kier molecular flexibility index (Phi) is 5.41. The van der Waals surface area contributed by atoms with Gasteiger partial charge in [0, 0.05) is 17.2 Å². The molecule has 0 radical (unpaired) electrons. The molecule has 6 nitrogen and oxygen atoms in total. The van der Waals surface area contributed by atoms with E-state index in [2.05, 4.69) is 5.32 Å². The predicted octanol–water partition coefficient (Wildman–Crippen LogP) is 4.31. The van der Waals surface area contributed by atoms with Crippen molar-refractivity contribution in [2.24, 2.45) is 0 Å². The van der Waals surface area contributed by atoms with E-state index in [0.717, 1.165) is 0 Å². The van der Waals surface area contributed by atoms with E-state index in [-0.39, 0.29) is 16.4 Å². The summed E-state index contributed by atoms with van der Waals surface area (Å²) < 4.78 is 5.47. The van der Waals surface area contributed by atoms with Crippen molar-refractivity contribution in [3.05, 3.63) is 62.6 Å². The topological polar surface area (TPSA) is 81.5 Å². The van der Waals surface area contributed by atoms with Gasteiger partial charge in [-0.05, 0) is 31.2 Å². The summed E-state index contributed by atoms with van der Waals surface area (Å²) in [5.41, 5.74) is -0.0273. The summed E-state index contributed by atoms with van der Waals surface area (Å²) in [5, 5.41) is 14.0. The minimum Gasteiger partial charge on any atom is -0.481 e. The lowest BCUT2D eigenvalue weighted by atomic mass is 10.2. The number of carbonyl (C=O) groups excluding carboxylic acids is 1. The van der Waals surface area contributed by atoms with E-state index in [1.54, 1.807) is 31.2 Å². The van der Waals surface area contributed by atoms with E-state index >= 15 is 0 Å². The molecule has 0 spiro atoms. The lowest BCUT2D eigenvalue weighted by molar-refractivity contribution is -0.384. The second-order valence-corrected chi connectivity index (χ2v) is 5.47. The van der Waals surface area contributed by atoms with Crippen LogP contribution in [-0.2, 0) is 4.79 Å². The molecule has 1 atom stereocenters. The first-order valence-corrected chi connectivity index (χ1v) is 7.29. The molecule has 0 aliphatic heterocycles. The largest absolute Gasteiger partial charge is 0.481 e. The highest BCUT2D eigenvalue weighted by Gasteiger charge is 2.18. The summed E-state index contributed by atoms with van der Waals surface area (Å²) in [6, 6.07) is 10.4. The first kappa shape index (κ1) is 17.1. The third-order valence-corrected chi connectivity index (χ3v) is 3.46. The van der Waals surface area contributed by atoms with Gasteiger partial charge in [0.25, 0.3) is 11.6 Å². The highest BCUT2D eigenvalue weighted by Crippen LogP contribution is 2.27. The predicted molar refractivity (Wildman–Crippen MR) is 88.3 cm³/mol. The fourth-order valence-corrected chi connectivity index (χ4v) is 2.10. The molecule has 8 heteroatoms. The van der Waals surface area contributed by atoms with Gasteiger partial charge in [-0.1, -0.05) is 29.3 Å². The van der Waals surface area contributed by atoms with E-state index in [0.29, 0.717) is 10.8 Å². The van der Waals surface area contributed by atoms with Gasteiger partial charge in [0.1, 0.15) is 5.75 Å². The number of non-ortho nitro benzene ring substituents is 1. The van der Waals surface area contributed by atoms with Gasteiger partial charge in [-0.15, -0.1) is 0 Å². The van der Waals surface area contributed by atoms with Gasteiger partial charge in [0.15, 0.2) is 6.10 Å². The summed E-state index contributed by atoms with van der Waals surface area (Å²) >= 11 is 11.8. The molecule has 23 heavy (non-hydrogen) atoms. The highest BCUT2D eigenvalue weighted by atomic mass is 35.5. The second kappa shape index (κ2) is 7.30. The van der Waals surface area contributed by atoms with Crippen LogP contribution >= 0.6 is 23.2 Å². The van der Waals surface area contributed by atoms with Crippen molar-refractivity contribution in [2.75, 3.05) is 5.32 Å². The Bertz CT molecular complexity index is 752. The fourth-order valence-electron chi connectivity index (χ4n) is 1.75. The van der Waals surface area contributed by atoms with Crippen LogP contribution in [0.4, 0.5) is 11.4 Å². The molecule has 120 valence electrons. The monoisotopic (exact) mass is 354 g/mol. The number of nitro benzene ring substituents is 1. The van der Waals surface area contributed by atoms with Gasteiger partial charge >= 0.3 is 0 Å². The van der Waals surface area contributed by atoms with E-state index < -0.39 is 16.9 Å². The van der Waals surface area contributed by atoms with Crippen LogP contribution < -0.4 is 10.1 Å². The molecular weight excluding hydrogens is 343 g/mol. The summed E-state index contributed by atoms with van der Waals surface area (Å²) in [4.78, 5) is 22.3. The molecule has 0 unspecified atom stereocenters. The second-order valence-electron chi connectivity index (χ2n) is 4.63. The number of nitrogens with zero attached hydrogens (tertiary/aromatic N) is 1.